The molecular weight excluding hydrogens is 194 g/mol. The smallest absolute Gasteiger partial charge is 0.356 e. The molecule has 0 fully saturated rings. The van der Waals surface area contributed by atoms with Crippen LogP contribution in [0, 0.1) is 0 Å². The van der Waals surface area contributed by atoms with E-state index in [1.54, 1.807) is 30.6 Å². The van der Waals surface area contributed by atoms with Crippen molar-refractivity contribution in [2.24, 2.45) is 0 Å². The Labute approximate surface area is 86.1 Å². The number of pyridine rings is 1. The number of hydrogen-bond acceptors (Lipinski definition) is 4. The highest BCUT2D eigenvalue weighted by Crippen LogP contribution is 2.11. The predicted molar refractivity (Wildman–Crippen MR) is 53.2 cm³/mol. The minimum Gasteiger partial charge on any atom is -0.464 e. The topological polar surface area (TPSA) is 67.9 Å². The van der Waals surface area contributed by atoms with Gasteiger partial charge in [-0.15, -0.1) is 0 Å². The number of esters is 1. The first-order valence-electron chi connectivity index (χ1n) is 4.36. The summed E-state index contributed by atoms with van der Waals surface area (Å²) in [6, 6.07) is 5.10. The number of rotatable bonds is 2. The van der Waals surface area contributed by atoms with Crippen molar-refractivity contribution in [1.29, 1.82) is 0 Å². The van der Waals surface area contributed by atoms with Gasteiger partial charge in [0.1, 0.15) is 11.4 Å². The van der Waals surface area contributed by atoms with E-state index in [1.165, 1.54) is 7.11 Å². The van der Waals surface area contributed by atoms with E-state index >= 15 is 0 Å². The Bertz CT molecular complexity index is 465. The lowest BCUT2D eigenvalue weighted by Gasteiger charge is -2.00. The van der Waals surface area contributed by atoms with Crippen molar-refractivity contribution >= 4 is 5.97 Å². The van der Waals surface area contributed by atoms with Crippen molar-refractivity contribution in [3.8, 4) is 11.5 Å². The van der Waals surface area contributed by atoms with Crippen molar-refractivity contribution in [2.45, 2.75) is 0 Å². The van der Waals surface area contributed by atoms with Gasteiger partial charge in [-0.25, -0.2) is 14.8 Å². The molecule has 0 aliphatic carbocycles. The molecule has 2 aromatic rings. The maximum atomic E-state index is 11.2. The molecule has 1 N–H and O–H groups in total. The van der Waals surface area contributed by atoms with Gasteiger partial charge in [-0.2, -0.15) is 0 Å². The minimum absolute atomic E-state index is 0.270. The molecule has 0 saturated heterocycles. The van der Waals surface area contributed by atoms with E-state index in [2.05, 4.69) is 19.7 Å². The summed E-state index contributed by atoms with van der Waals surface area (Å²) in [5, 5.41) is 0. The molecule has 0 aliphatic heterocycles. The second kappa shape index (κ2) is 3.91. The summed E-state index contributed by atoms with van der Waals surface area (Å²) in [7, 11) is 1.32. The van der Waals surface area contributed by atoms with E-state index in [0.29, 0.717) is 11.5 Å². The Morgan fingerprint density at radius 2 is 2.33 bits per heavy atom. The lowest BCUT2D eigenvalue weighted by molar-refractivity contribution is 0.0594. The summed E-state index contributed by atoms with van der Waals surface area (Å²) < 4.78 is 4.58. The van der Waals surface area contributed by atoms with Crippen LogP contribution in [0.1, 0.15) is 10.5 Å². The standard InChI is InChI=1S/C10H9N3O2/c1-15-10(14)8-4-2-3-7(13-8)9-11-5-6-12-9/h2-6H,1H3,(H,11,12). The number of methoxy groups -OCH3 is 1. The van der Waals surface area contributed by atoms with E-state index in [0.717, 1.165) is 0 Å². The first-order chi connectivity index (χ1) is 7.31. The highest BCUT2D eigenvalue weighted by Gasteiger charge is 2.09. The molecule has 5 heteroatoms. The molecule has 2 aromatic heterocycles. The van der Waals surface area contributed by atoms with Gasteiger partial charge in [0, 0.05) is 12.4 Å². The highest BCUT2D eigenvalue weighted by atomic mass is 16.5. The van der Waals surface area contributed by atoms with Crippen LogP contribution in [0.3, 0.4) is 0 Å². The zero-order valence-corrected chi connectivity index (χ0v) is 8.10. The Balaban J connectivity index is 2.39. The van der Waals surface area contributed by atoms with Crippen LogP contribution in [-0.2, 0) is 4.74 Å². The van der Waals surface area contributed by atoms with Crippen LogP contribution in [-0.4, -0.2) is 28.0 Å². The van der Waals surface area contributed by atoms with Gasteiger partial charge in [0.15, 0.2) is 5.82 Å². The Kier molecular flexibility index (Phi) is 2.45. The number of carbonyl (C=O) groups excluding carboxylic acids is 1. The zero-order chi connectivity index (χ0) is 10.7. The Morgan fingerprint density at radius 1 is 1.47 bits per heavy atom. The van der Waals surface area contributed by atoms with E-state index in [4.69, 9.17) is 0 Å². The average molecular weight is 203 g/mol. The number of ether oxygens (including phenoxy) is 1. The van der Waals surface area contributed by atoms with Gasteiger partial charge in [0.05, 0.1) is 7.11 Å². The highest BCUT2D eigenvalue weighted by molar-refractivity contribution is 5.87. The molecule has 76 valence electrons. The molecule has 0 amide bonds. The van der Waals surface area contributed by atoms with Crippen molar-refractivity contribution in [3.05, 3.63) is 36.3 Å². The van der Waals surface area contributed by atoms with Gasteiger partial charge >= 0.3 is 5.97 Å². The SMILES string of the molecule is COC(=O)c1cccc(-c2ncc[nH]2)n1. The Morgan fingerprint density at radius 3 is 3.00 bits per heavy atom. The van der Waals surface area contributed by atoms with Crippen LogP contribution in [0.2, 0.25) is 0 Å². The molecule has 2 heterocycles. The van der Waals surface area contributed by atoms with Gasteiger partial charge < -0.3 is 9.72 Å². The van der Waals surface area contributed by atoms with Crippen molar-refractivity contribution in [3.63, 3.8) is 0 Å². The fourth-order valence-corrected chi connectivity index (χ4v) is 1.19. The molecule has 0 aliphatic rings. The van der Waals surface area contributed by atoms with Crippen molar-refractivity contribution in [1.82, 2.24) is 15.0 Å². The van der Waals surface area contributed by atoms with E-state index < -0.39 is 5.97 Å². The normalized spacial score (nSPS) is 9.93. The second-order valence-corrected chi connectivity index (χ2v) is 2.84. The number of aromatic nitrogens is 3. The molecule has 0 radical (unpaired) electrons. The molecule has 5 nitrogen and oxygen atoms in total. The van der Waals surface area contributed by atoms with E-state index in [1.807, 2.05) is 0 Å². The molecule has 0 saturated carbocycles. The number of nitrogens with one attached hydrogen (secondary N) is 1. The fraction of sp³-hybridized carbons (Fsp3) is 0.100. The van der Waals surface area contributed by atoms with E-state index in [-0.39, 0.29) is 5.69 Å². The van der Waals surface area contributed by atoms with Gasteiger partial charge in [-0.05, 0) is 12.1 Å². The molecule has 2 rings (SSSR count). The summed E-state index contributed by atoms with van der Waals surface area (Å²) in [6.45, 7) is 0. The maximum Gasteiger partial charge on any atom is 0.356 e. The van der Waals surface area contributed by atoms with Gasteiger partial charge in [-0.3, -0.25) is 0 Å². The number of nitrogens with zero attached hydrogens (tertiary/aromatic N) is 2. The number of aromatic amines is 1. The first-order valence-corrected chi connectivity index (χ1v) is 4.36. The average Bonchev–Trinajstić information content (AvgIpc) is 2.82. The van der Waals surface area contributed by atoms with Gasteiger partial charge in [0.2, 0.25) is 0 Å². The van der Waals surface area contributed by atoms with Crippen LogP contribution in [0.5, 0.6) is 0 Å². The lowest BCUT2D eigenvalue weighted by Crippen LogP contribution is -2.04. The number of H-pyrrole nitrogens is 1. The summed E-state index contributed by atoms with van der Waals surface area (Å²) >= 11 is 0. The predicted octanol–water partition coefficient (Wildman–Crippen LogP) is 1.26. The largest absolute Gasteiger partial charge is 0.464 e. The summed E-state index contributed by atoms with van der Waals surface area (Å²) in [5.74, 6) is 0.171. The van der Waals surface area contributed by atoms with E-state index in [9.17, 15) is 4.79 Å². The van der Waals surface area contributed by atoms with Crippen LogP contribution in [0.4, 0.5) is 0 Å². The number of imidazole rings is 1. The van der Waals surface area contributed by atoms with Crippen LogP contribution >= 0.6 is 0 Å². The molecule has 0 unspecified atom stereocenters. The van der Waals surface area contributed by atoms with Crippen LogP contribution in [0.25, 0.3) is 11.5 Å². The molecule has 0 aromatic carbocycles. The molecule has 15 heavy (non-hydrogen) atoms. The van der Waals surface area contributed by atoms with Crippen LogP contribution in [0.15, 0.2) is 30.6 Å². The molecule has 0 bridgehead atoms. The summed E-state index contributed by atoms with van der Waals surface area (Å²) in [4.78, 5) is 22.3. The number of hydrogen-bond donors (Lipinski definition) is 1. The molecular formula is C10H9N3O2. The number of carbonyl (C=O) groups is 1. The first kappa shape index (κ1) is 9.39. The van der Waals surface area contributed by atoms with Gasteiger partial charge in [0.25, 0.3) is 0 Å². The Hall–Kier alpha value is -2.17. The third kappa shape index (κ3) is 1.85. The second-order valence-electron chi connectivity index (χ2n) is 2.84. The quantitative estimate of drug-likeness (QED) is 0.746. The zero-order valence-electron chi connectivity index (χ0n) is 8.10. The lowest BCUT2D eigenvalue weighted by atomic mass is 10.3. The molecule has 0 atom stereocenters. The summed E-state index contributed by atoms with van der Waals surface area (Å²) in [5.41, 5.74) is 0.884. The van der Waals surface area contributed by atoms with Crippen molar-refractivity contribution in [2.75, 3.05) is 7.11 Å². The third-order valence-corrected chi connectivity index (χ3v) is 1.88. The maximum absolute atomic E-state index is 11.2. The minimum atomic E-state index is -0.455. The monoisotopic (exact) mass is 203 g/mol. The van der Waals surface area contributed by atoms with Crippen molar-refractivity contribution < 1.29 is 9.53 Å². The summed E-state index contributed by atoms with van der Waals surface area (Å²) in [6.07, 6.45) is 3.32. The van der Waals surface area contributed by atoms with Gasteiger partial charge in [-0.1, -0.05) is 6.07 Å². The molecule has 0 spiro atoms. The fourth-order valence-electron chi connectivity index (χ4n) is 1.19. The van der Waals surface area contributed by atoms with Crippen LogP contribution < -0.4 is 0 Å². The third-order valence-electron chi connectivity index (χ3n) is 1.88.